The molecule has 8 nitrogen and oxygen atoms in total. The number of sulfonamides is 1. The molecule has 1 aliphatic heterocycles. The predicted molar refractivity (Wildman–Crippen MR) is 116 cm³/mol. The SMILES string of the molecule is C[C@H](OC(=O)c1ccc(S(=O)(=O)NC[C@@H]2CCCO2)cc1)C(=O)Nc1ccccc1Cl. The van der Waals surface area contributed by atoms with Crippen molar-refractivity contribution >= 4 is 39.2 Å². The Hall–Kier alpha value is -2.46. The number of benzene rings is 2. The van der Waals surface area contributed by atoms with Crippen LogP contribution < -0.4 is 10.0 Å². The first-order valence-corrected chi connectivity index (χ1v) is 11.6. The number of hydrogen-bond acceptors (Lipinski definition) is 6. The molecule has 1 amide bonds. The molecular formula is C21H23ClN2O6S. The number of amides is 1. The number of rotatable bonds is 8. The van der Waals surface area contributed by atoms with Crippen LogP contribution in [0, 0.1) is 0 Å². The second-order valence-corrected chi connectivity index (χ2v) is 9.20. The lowest BCUT2D eigenvalue weighted by atomic mass is 10.2. The van der Waals surface area contributed by atoms with E-state index in [2.05, 4.69) is 10.0 Å². The maximum absolute atomic E-state index is 12.4. The summed E-state index contributed by atoms with van der Waals surface area (Å²) in [5.74, 6) is -1.29. The van der Waals surface area contributed by atoms with Gasteiger partial charge in [-0.2, -0.15) is 0 Å². The van der Waals surface area contributed by atoms with Gasteiger partial charge in [0.1, 0.15) is 0 Å². The summed E-state index contributed by atoms with van der Waals surface area (Å²) in [5.41, 5.74) is 0.526. The molecule has 1 heterocycles. The van der Waals surface area contributed by atoms with E-state index in [0.717, 1.165) is 12.8 Å². The molecule has 0 bridgehead atoms. The molecule has 0 spiro atoms. The number of nitrogens with one attached hydrogen (secondary N) is 2. The van der Waals surface area contributed by atoms with E-state index >= 15 is 0 Å². The molecule has 2 aromatic rings. The third kappa shape index (κ3) is 6.27. The number of para-hydroxylation sites is 1. The van der Waals surface area contributed by atoms with E-state index in [-0.39, 0.29) is 23.1 Å². The van der Waals surface area contributed by atoms with E-state index in [0.29, 0.717) is 17.3 Å². The molecule has 0 unspecified atom stereocenters. The summed E-state index contributed by atoms with van der Waals surface area (Å²) in [4.78, 5) is 24.6. The van der Waals surface area contributed by atoms with Gasteiger partial charge in [-0.05, 0) is 56.2 Å². The largest absolute Gasteiger partial charge is 0.449 e. The van der Waals surface area contributed by atoms with Crippen LogP contribution in [0.3, 0.4) is 0 Å². The molecule has 1 saturated heterocycles. The smallest absolute Gasteiger partial charge is 0.338 e. The molecule has 3 rings (SSSR count). The zero-order chi connectivity index (χ0) is 22.4. The Morgan fingerprint density at radius 1 is 1.19 bits per heavy atom. The minimum atomic E-state index is -3.72. The fourth-order valence-corrected chi connectivity index (χ4v) is 4.19. The van der Waals surface area contributed by atoms with Gasteiger partial charge in [0.2, 0.25) is 10.0 Å². The van der Waals surface area contributed by atoms with Gasteiger partial charge in [-0.25, -0.2) is 17.9 Å². The minimum Gasteiger partial charge on any atom is -0.449 e. The number of halogens is 1. The molecule has 0 radical (unpaired) electrons. The van der Waals surface area contributed by atoms with Crippen molar-refractivity contribution in [2.24, 2.45) is 0 Å². The van der Waals surface area contributed by atoms with Gasteiger partial charge in [-0.15, -0.1) is 0 Å². The van der Waals surface area contributed by atoms with Crippen molar-refractivity contribution in [3.63, 3.8) is 0 Å². The van der Waals surface area contributed by atoms with Crippen molar-refractivity contribution in [2.45, 2.75) is 36.9 Å². The fraction of sp³-hybridized carbons (Fsp3) is 0.333. The quantitative estimate of drug-likeness (QED) is 0.578. The number of esters is 1. The van der Waals surface area contributed by atoms with E-state index in [1.165, 1.54) is 31.2 Å². The van der Waals surface area contributed by atoms with Crippen molar-refractivity contribution < 1.29 is 27.5 Å². The van der Waals surface area contributed by atoms with Crippen LogP contribution in [-0.2, 0) is 24.3 Å². The first-order chi connectivity index (χ1) is 14.8. The van der Waals surface area contributed by atoms with Gasteiger partial charge in [0.15, 0.2) is 6.10 Å². The van der Waals surface area contributed by atoms with Gasteiger partial charge in [0.25, 0.3) is 5.91 Å². The summed E-state index contributed by atoms with van der Waals surface area (Å²) >= 11 is 6.00. The molecule has 2 N–H and O–H groups in total. The van der Waals surface area contributed by atoms with Gasteiger partial charge >= 0.3 is 5.97 Å². The van der Waals surface area contributed by atoms with Crippen molar-refractivity contribution in [3.05, 3.63) is 59.1 Å². The molecule has 0 aromatic heterocycles. The van der Waals surface area contributed by atoms with Crippen LogP contribution in [0.15, 0.2) is 53.4 Å². The van der Waals surface area contributed by atoms with Crippen LogP contribution in [0.1, 0.15) is 30.1 Å². The molecule has 2 aromatic carbocycles. The summed E-state index contributed by atoms with van der Waals surface area (Å²) in [6.07, 6.45) is 0.524. The zero-order valence-corrected chi connectivity index (χ0v) is 18.4. The van der Waals surface area contributed by atoms with Gasteiger partial charge in [0, 0.05) is 13.2 Å². The first-order valence-electron chi connectivity index (χ1n) is 9.74. The van der Waals surface area contributed by atoms with Gasteiger partial charge in [-0.1, -0.05) is 23.7 Å². The summed E-state index contributed by atoms with van der Waals surface area (Å²) in [5, 5.41) is 2.95. The minimum absolute atomic E-state index is 0.0200. The van der Waals surface area contributed by atoms with Crippen LogP contribution in [0.5, 0.6) is 0 Å². The number of carbonyl (C=O) groups excluding carboxylic acids is 2. The van der Waals surface area contributed by atoms with Gasteiger partial charge in [-0.3, -0.25) is 4.79 Å². The Bertz CT molecular complexity index is 1040. The van der Waals surface area contributed by atoms with Gasteiger partial charge in [0.05, 0.1) is 27.3 Å². The Morgan fingerprint density at radius 3 is 2.55 bits per heavy atom. The average Bonchev–Trinajstić information content (AvgIpc) is 3.28. The van der Waals surface area contributed by atoms with Crippen LogP contribution in [0.4, 0.5) is 5.69 Å². The normalized spacial score (nSPS) is 17.2. The Morgan fingerprint density at radius 2 is 1.90 bits per heavy atom. The molecule has 10 heteroatoms. The molecule has 1 aliphatic rings. The van der Waals surface area contributed by atoms with E-state index in [4.69, 9.17) is 21.1 Å². The van der Waals surface area contributed by atoms with Crippen LogP contribution in [0.2, 0.25) is 5.02 Å². The van der Waals surface area contributed by atoms with Crippen molar-refractivity contribution in [1.82, 2.24) is 4.72 Å². The van der Waals surface area contributed by atoms with E-state index in [9.17, 15) is 18.0 Å². The molecule has 166 valence electrons. The van der Waals surface area contributed by atoms with Gasteiger partial charge < -0.3 is 14.8 Å². The summed E-state index contributed by atoms with van der Waals surface area (Å²) in [6, 6.07) is 12.0. The van der Waals surface area contributed by atoms with Crippen molar-refractivity contribution in [3.8, 4) is 0 Å². The molecule has 31 heavy (non-hydrogen) atoms. The summed E-state index contributed by atoms with van der Waals surface area (Å²) in [6.45, 7) is 2.26. The van der Waals surface area contributed by atoms with E-state index in [1.54, 1.807) is 24.3 Å². The van der Waals surface area contributed by atoms with Crippen molar-refractivity contribution in [2.75, 3.05) is 18.5 Å². The summed E-state index contributed by atoms with van der Waals surface area (Å²) in [7, 11) is -3.72. The van der Waals surface area contributed by atoms with Crippen LogP contribution >= 0.6 is 11.6 Å². The summed E-state index contributed by atoms with van der Waals surface area (Å²) < 4.78 is 37.9. The molecule has 0 saturated carbocycles. The second-order valence-electron chi connectivity index (χ2n) is 7.03. The maximum Gasteiger partial charge on any atom is 0.338 e. The highest BCUT2D eigenvalue weighted by Crippen LogP contribution is 2.21. The number of hydrogen-bond donors (Lipinski definition) is 2. The molecule has 1 fully saturated rings. The third-order valence-electron chi connectivity index (χ3n) is 4.71. The van der Waals surface area contributed by atoms with E-state index in [1.807, 2.05) is 0 Å². The Balaban J connectivity index is 1.56. The topological polar surface area (TPSA) is 111 Å². The lowest BCUT2D eigenvalue weighted by molar-refractivity contribution is -0.123. The highest BCUT2D eigenvalue weighted by atomic mass is 35.5. The first kappa shape index (κ1) is 23.2. The fourth-order valence-electron chi connectivity index (χ4n) is 2.94. The third-order valence-corrected chi connectivity index (χ3v) is 6.48. The van der Waals surface area contributed by atoms with Crippen molar-refractivity contribution in [1.29, 1.82) is 0 Å². The highest BCUT2D eigenvalue weighted by molar-refractivity contribution is 7.89. The average molecular weight is 467 g/mol. The zero-order valence-electron chi connectivity index (χ0n) is 16.8. The van der Waals surface area contributed by atoms with E-state index < -0.39 is 28.0 Å². The Kier molecular flexibility index (Phi) is 7.66. The van der Waals surface area contributed by atoms with Crippen LogP contribution in [0.25, 0.3) is 0 Å². The standard InChI is InChI=1S/C21H23ClN2O6S/c1-14(20(25)24-19-7-3-2-6-18(19)22)30-21(26)15-8-10-17(11-9-15)31(27,28)23-13-16-5-4-12-29-16/h2-3,6-11,14,16,23H,4-5,12-13H2,1H3,(H,24,25)/t14-,16-/m0/s1. The molecule has 2 atom stereocenters. The molecule has 0 aliphatic carbocycles. The number of carbonyl (C=O) groups is 2. The highest BCUT2D eigenvalue weighted by Gasteiger charge is 2.22. The lowest BCUT2D eigenvalue weighted by Gasteiger charge is -2.14. The van der Waals surface area contributed by atoms with Crippen LogP contribution in [-0.4, -0.2) is 45.7 Å². The second kappa shape index (κ2) is 10.2. The predicted octanol–water partition coefficient (Wildman–Crippen LogP) is 2.98. The molecular weight excluding hydrogens is 444 g/mol. The Labute approximate surface area is 185 Å². The monoisotopic (exact) mass is 466 g/mol. The maximum atomic E-state index is 12.4. The number of ether oxygens (including phenoxy) is 2. The lowest BCUT2D eigenvalue weighted by Crippen LogP contribution is -2.32. The number of anilines is 1.